The molecule has 1 aliphatic rings. The van der Waals surface area contributed by atoms with Crippen LogP contribution in [0.1, 0.15) is 36.2 Å². The number of amides is 2. The van der Waals surface area contributed by atoms with E-state index >= 15 is 4.39 Å². The van der Waals surface area contributed by atoms with E-state index in [1.807, 2.05) is 6.92 Å². The largest absolute Gasteiger partial charge is 0.573 e. The van der Waals surface area contributed by atoms with E-state index < -0.39 is 18.6 Å². The van der Waals surface area contributed by atoms with E-state index in [9.17, 15) is 18.0 Å². The molecule has 1 fully saturated rings. The van der Waals surface area contributed by atoms with Gasteiger partial charge in [0.1, 0.15) is 18.2 Å². The number of hydrogen-bond donors (Lipinski definition) is 1. The normalized spacial score (nSPS) is 15.0. The zero-order valence-corrected chi connectivity index (χ0v) is 24.8. The zero-order valence-electron chi connectivity index (χ0n) is 24.0. The van der Waals surface area contributed by atoms with Gasteiger partial charge in [-0.3, -0.25) is 0 Å². The summed E-state index contributed by atoms with van der Waals surface area (Å²) in [5, 5.41) is 7.53. The minimum atomic E-state index is -4.77. The number of alkyl halides is 4. The maximum Gasteiger partial charge on any atom is 0.573 e. The Bertz CT molecular complexity index is 1620. The zero-order chi connectivity index (χ0) is 31.3. The Balaban J connectivity index is 1.18. The molecule has 0 aliphatic carbocycles. The predicted octanol–water partition coefficient (Wildman–Crippen LogP) is 7.42. The van der Waals surface area contributed by atoms with Gasteiger partial charge < -0.3 is 15.0 Å². The molecule has 0 radical (unpaired) electrons. The van der Waals surface area contributed by atoms with Crippen molar-refractivity contribution in [3.05, 3.63) is 89.7 Å². The Labute approximate surface area is 256 Å². The van der Waals surface area contributed by atoms with E-state index in [4.69, 9.17) is 0 Å². The monoisotopic (exact) mass is 626 g/mol. The number of thioether (sulfide) groups is 1. The second-order valence-electron chi connectivity index (χ2n) is 10.1. The number of anilines is 1. The first-order valence-corrected chi connectivity index (χ1v) is 15.0. The van der Waals surface area contributed by atoms with Crippen LogP contribution in [0, 0.1) is 6.92 Å². The summed E-state index contributed by atoms with van der Waals surface area (Å²) in [6.07, 6.45) is -2.88. The van der Waals surface area contributed by atoms with Crippen LogP contribution in [0.15, 0.2) is 78.0 Å². The molecule has 1 aliphatic heterocycles. The summed E-state index contributed by atoms with van der Waals surface area (Å²) in [4.78, 5) is 23.2. The molecule has 1 saturated heterocycles. The van der Waals surface area contributed by atoms with Crippen molar-refractivity contribution in [2.45, 2.75) is 39.2 Å². The van der Waals surface area contributed by atoms with Crippen molar-refractivity contribution in [1.82, 2.24) is 20.1 Å². The van der Waals surface area contributed by atoms with Crippen LogP contribution in [0.3, 0.4) is 0 Å². The van der Waals surface area contributed by atoms with Crippen molar-refractivity contribution in [3.63, 3.8) is 0 Å². The SMILES string of the molecule is CCCc1ccc(C)cc1N1CCSC1=NC(=O)NCC(F)c1ccc(-c2ncn(-c3ccc(OC(F)(F)F)cc3)n2)cc1. The number of halogens is 4. The van der Waals surface area contributed by atoms with E-state index in [2.05, 4.69) is 55.2 Å². The van der Waals surface area contributed by atoms with Gasteiger partial charge in [-0.05, 0) is 60.4 Å². The highest BCUT2D eigenvalue weighted by molar-refractivity contribution is 8.14. The fourth-order valence-corrected chi connectivity index (χ4v) is 5.66. The van der Waals surface area contributed by atoms with Gasteiger partial charge in [0.25, 0.3) is 0 Å². The van der Waals surface area contributed by atoms with Gasteiger partial charge >= 0.3 is 12.4 Å². The van der Waals surface area contributed by atoms with Crippen molar-refractivity contribution in [2.24, 2.45) is 4.99 Å². The Morgan fingerprint density at radius 3 is 2.57 bits per heavy atom. The van der Waals surface area contributed by atoms with Crippen LogP contribution in [0.25, 0.3) is 17.1 Å². The molecular weight excluding hydrogens is 596 g/mol. The second-order valence-corrected chi connectivity index (χ2v) is 11.2. The number of aromatic nitrogens is 3. The predicted molar refractivity (Wildman–Crippen MR) is 163 cm³/mol. The molecule has 1 atom stereocenters. The van der Waals surface area contributed by atoms with E-state index in [1.54, 1.807) is 24.3 Å². The number of aliphatic imine (C=N–C) groups is 1. The first-order valence-electron chi connectivity index (χ1n) is 14.0. The third kappa shape index (κ3) is 7.76. The molecule has 44 heavy (non-hydrogen) atoms. The molecule has 0 bridgehead atoms. The maximum atomic E-state index is 15.0. The first kappa shape index (κ1) is 31.0. The molecule has 3 aromatic carbocycles. The first-order chi connectivity index (χ1) is 21.1. The number of nitrogens with zero attached hydrogens (tertiary/aromatic N) is 5. The third-order valence-corrected chi connectivity index (χ3v) is 7.77. The molecule has 13 heteroatoms. The quantitative estimate of drug-likeness (QED) is 0.195. The molecule has 1 unspecified atom stereocenters. The topological polar surface area (TPSA) is 84.6 Å². The van der Waals surface area contributed by atoms with Crippen molar-refractivity contribution in [2.75, 3.05) is 23.7 Å². The van der Waals surface area contributed by atoms with Crippen molar-refractivity contribution in [1.29, 1.82) is 0 Å². The lowest BCUT2D eigenvalue weighted by molar-refractivity contribution is -0.274. The van der Waals surface area contributed by atoms with Crippen LogP contribution in [-0.4, -0.2) is 51.2 Å². The van der Waals surface area contributed by atoms with Crippen LogP contribution >= 0.6 is 11.8 Å². The maximum absolute atomic E-state index is 15.0. The number of carbonyl (C=O) groups excluding carboxylic acids is 1. The molecule has 5 rings (SSSR count). The smallest absolute Gasteiger partial charge is 0.406 e. The molecule has 0 saturated carbocycles. The highest BCUT2D eigenvalue weighted by Gasteiger charge is 2.31. The minimum Gasteiger partial charge on any atom is -0.406 e. The van der Waals surface area contributed by atoms with E-state index in [0.717, 1.165) is 36.4 Å². The van der Waals surface area contributed by atoms with Gasteiger partial charge in [-0.2, -0.15) is 4.99 Å². The molecule has 1 N–H and O–H groups in total. The van der Waals surface area contributed by atoms with Crippen LogP contribution in [0.5, 0.6) is 5.75 Å². The summed E-state index contributed by atoms with van der Waals surface area (Å²) in [6, 6.07) is 17.4. The van der Waals surface area contributed by atoms with Crippen LogP contribution in [-0.2, 0) is 6.42 Å². The Kier molecular flexibility index (Phi) is 9.52. The molecule has 0 spiro atoms. The molecule has 4 aromatic rings. The van der Waals surface area contributed by atoms with Gasteiger partial charge in [0, 0.05) is 23.5 Å². The van der Waals surface area contributed by atoms with E-state index in [1.165, 1.54) is 52.6 Å². The van der Waals surface area contributed by atoms with Gasteiger partial charge in [-0.1, -0.05) is 61.5 Å². The van der Waals surface area contributed by atoms with Gasteiger partial charge in [0.2, 0.25) is 0 Å². The number of aryl methyl sites for hydroxylation is 2. The molecular formula is C31H30F4N6O2S. The summed E-state index contributed by atoms with van der Waals surface area (Å²) < 4.78 is 57.5. The molecule has 2 heterocycles. The van der Waals surface area contributed by atoms with Crippen molar-refractivity contribution < 1.29 is 27.1 Å². The standard InChI is InChI=1S/C31H30F4N6O2S/c1-3-4-22-6-5-20(2)17-27(22)40-15-16-44-30(40)38-29(42)36-18-26(32)21-7-9-23(10-8-21)28-37-19-41(39-28)24-11-13-25(14-12-24)43-31(33,34)35/h5-14,17,19,26H,3-4,15-16,18H2,1-2H3,(H,36,42). The lowest BCUT2D eigenvalue weighted by atomic mass is 10.0. The van der Waals surface area contributed by atoms with Gasteiger partial charge in [0.15, 0.2) is 11.0 Å². The number of benzene rings is 3. The minimum absolute atomic E-state index is 0.244. The van der Waals surface area contributed by atoms with Crippen LogP contribution in [0.2, 0.25) is 0 Å². The van der Waals surface area contributed by atoms with Crippen LogP contribution < -0.4 is 15.0 Å². The number of hydrogen-bond acceptors (Lipinski definition) is 5. The lowest BCUT2D eigenvalue weighted by Gasteiger charge is -2.22. The number of urea groups is 1. The van der Waals surface area contributed by atoms with Crippen molar-refractivity contribution in [3.8, 4) is 22.8 Å². The number of amidine groups is 1. The fraction of sp³-hybridized carbons (Fsp3) is 0.290. The van der Waals surface area contributed by atoms with E-state index in [-0.39, 0.29) is 12.3 Å². The Morgan fingerprint density at radius 1 is 1.11 bits per heavy atom. The number of nitrogens with one attached hydrogen (secondary N) is 1. The van der Waals surface area contributed by atoms with Crippen LogP contribution in [0.4, 0.5) is 28.0 Å². The summed E-state index contributed by atoms with van der Waals surface area (Å²) in [5.74, 6) is 0.810. The van der Waals surface area contributed by atoms with Crippen molar-refractivity contribution >= 4 is 28.6 Å². The van der Waals surface area contributed by atoms with Gasteiger partial charge in [0.05, 0.1) is 12.2 Å². The molecule has 2 amide bonds. The highest BCUT2D eigenvalue weighted by atomic mass is 32.2. The number of rotatable bonds is 9. The van der Waals surface area contributed by atoms with Gasteiger partial charge in [-0.25, -0.2) is 18.9 Å². The molecule has 230 valence electrons. The average molecular weight is 627 g/mol. The Hall–Kier alpha value is -4.39. The van der Waals surface area contributed by atoms with Gasteiger partial charge in [-0.15, -0.1) is 18.3 Å². The number of ether oxygens (including phenoxy) is 1. The molecule has 1 aromatic heterocycles. The summed E-state index contributed by atoms with van der Waals surface area (Å²) >= 11 is 1.50. The second kappa shape index (κ2) is 13.5. The third-order valence-electron chi connectivity index (χ3n) is 6.81. The molecule has 8 nitrogen and oxygen atoms in total. The highest BCUT2D eigenvalue weighted by Crippen LogP contribution is 2.31. The summed E-state index contributed by atoms with van der Waals surface area (Å²) in [6.45, 7) is 4.66. The number of carbonyl (C=O) groups is 1. The fourth-order valence-electron chi connectivity index (χ4n) is 4.71. The average Bonchev–Trinajstić information content (AvgIpc) is 3.67. The lowest BCUT2D eigenvalue weighted by Crippen LogP contribution is -2.29. The Morgan fingerprint density at radius 2 is 1.86 bits per heavy atom. The summed E-state index contributed by atoms with van der Waals surface area (Å²) in [7, 11) is 0. The summed E-state index contributed by atoms with van der Waals surface area (Å²) in [5.41, 5.74) is 4.85. The van der Waals surface area contributed by atoms with E-state index in [0.29, 0.717) is 27.8 Å².